The largest absolute Gasteiger partial charge is 0.481 e. The molecule has 0 fully saturated rings. The third-order valence-corrected chi connectivity index (χ3v) is 4.28. The second-order valence-electron chi connectivity index (χ2n) is 5.16. The second kappa shape index (κ2) is 6.70. The Labute approximate surface area is 133 Å². The summed E-state index contributed by atoms with van der Waals surface area (Å²) in [4.78, 5) is 27.6. The SMILES string of the molecule is Cc1ccc(-c2nc(NC(=O)CCC(=O)O)sc2C)cc1C. The number of amides is 1. The zero-order chi connectivity index (χ0) is 16.3. The summed E-state index contributed by atoms with van der Waals surface area (Å²) in [5.41, 5.74) is 4.28. The molecule has 2 aromatic rings. The molecule has 0 atom stereocenters. The molecule has 0 unspecified atom stereocenters. The van der Waals surface area contributed by atoms with Crippen LogP contribution >= 0.6 is 11.3 Å². The van der Waals surface area contributed by atoms with E-state index in [1.54, 1.807) is 0 Å². The van der Waals surface area contributed by atoms with Crippen LogP contribution in [0.2, 0.25) is 0 Å². The molecule has 0 radical (unpaired) electrons. The van der Waals surface area contributed by atoms with E-state index in [2.05, 4.69) is 36.3 Å². The van der Waals surface area contributed by atoms with Gasteiger partial charge in [-0.2, -0.15) is 0 Å². The van der Waals surface area contributed by atoms with Gasteiger partial charge < -0.3 is 10.4 Å². The van der Waals surface area contributed by atoms with E-state index in [1.807, 2.05) is 13.0 Å². The summed E-state index contributed by atoms with van der Waals surface area (Å²) in [6.07, 6.45) is -0.229. The van der Waals surface area contributed by atoms with E-state index in [1.165, 1.54) is 22.5 Å². The van der Waals surface area contributed by atoms with E-state index in [4.69, 9.17) is 5.11 Å². The van der Waals surface area contributed by atoms with E-state index < -0.39 is 5.97 Å². The molecule has 0 aliphatic heterocycles. The lowest BCUT2D eigenvalue weighted by atomic mass is 10.0. The van der Waals surface area contributed by atoms with E-state index >= 15 is 0 Å². The maximum Gasteiger partial charge on any atom is 0.303 e. The normalized spacial score (nSPS) is 10.5. The molecule has 0 saturated heterocycles. The molecule has 5 nitrogen and oxygen atoms in total. The van der Waals surface area contributed by atoms with Crippen LogP contribution in [0.25, 0.3) is 11.3 Å². The summed E-state index contributed by atoms with van der Waals surface area (Å²) < 4.78 is 0. The van der Waals surface area contributed by atoms with E-state index in [0.29, 0.717) is 5.13 Å². The Bertz CT molecular complexity index is 722. The quantitative estimate of drug-likeness (QED) is 0.883. The van der Waals surface area contributed by atoms with Gasteiger partial charge in [-0.15, -0.1) is 11.3 Å². The number of thiazole rings is 1. The van der Waals surface area contributed by atoms with Gasteiger partial charge in [-0.1, -0.05) is 12.1 Å². The van der Waals surface area contributed by atoms with Gasteiger partial charge in [0.15, 0.2) is 5.13 Å². The Morgan fingerprint density at radius 3 is 2.55 bits per heavy atom. The number of carboxylic acids is 1. The number of rotatable bonds is 5. The van der Waals surface area contributed by atoms with Gasteiger partial charge >= 0.3 is 5.97 Å². The number of carboxylic acid groups (broad SMARTS) is 1. The smallest absolute Gasteiger partial charge is 0.303 e. The molecule has 116 valence electrons. The topological polar surface area (TPSA) is 79.3 Å². The molecular weight excluding hydrogens is 300 g/mol. The first-order valence-corrected chi connectivity index (χ1v) is 7.75. The van der Waals surface area contributed by atoms with E-state index in [-0.39, 0.29) is 18.7 Å². The van der Waals surface area contributed by atoms with Crippen molar-refractivity contribution in [1.82, 2.24) is 4.98 Å². The highest BCUT2D eigenvalue weighted by atomic mass is 32.1. The summed E-state index contributed by atoms with van der Waals surface area (Å²) in [6, 6.07) is 6.14. The average molecular weight is 318 g/mol. The number of hydrogen-bond donors (Lipinski definition) is 2. The number of carbonyl (C=O) groups is 2. The molecule has 0 aliphatic carbocycles. The molecule has 1 amide bonds. The fourth-order valence-electron chi connectivity index (χ4n) is 2.01. The van der Waals surface area contributed by atoms with Gasteiger partial charge in [-0.25, -0.2) is 4.98 Å². The van der Waals surface area contributed by atoms with Crippen LogP contribution in [-0.4, -0.2) is 22.0 Å². The summed E-state index contributed by atoms with van der Waals surface area (Å²) in [7, 11) is 0. The predicted molar refractivity (Wildman–Crippen MR) is 87.3 cm³/mol. The summed E-state index contributed by atoms with van der Waals surface area (Å²) in [6.45, 7) is 6.06. The number of aryl methyl sites for hydroxylation is 3. The van der Waals surface area contributed by atoms with Crippen LogP contribution in [0.3, 0.4) is 0 Å². The molecule has 2 rings (SSSR count). The van der Waals surface area contributed by atoms with Crippen LogP contribution < -0.4 is 5.32 Å². The molecule has 0 saturated carbocycles. The van der Waals surface area contributed by atoms with Crippen molar-refractivity contribution in [3.8, 4) is 11.3 Å². The zero-order valence-electron chi connectivity index (χ0n) is 12.8. The number of aromatic nitrogens is 1. The first-order chi connectivity index (χ1) is 10.4. The molecule has 2 N–H and O–H groups in total. The minimum atomic E-state index is -0.985. The average Bonchev–Trinajstić information content (AvgIpc) is 2.80. The second-order valence-corrected chi connectivity index (χ2v) is 6.37. The molecule has 1 aromatic heterocycles. The number of carbonyl (C=O) groups excluding carboxylic acids is 1. The Balaban J connectivity index is 2.15. The third-order valence-electron chi connectivity index (χ3n) is 3.39. The monoisotopic (exact) mass is 318 g/mol. The van der Waals surface area contributed by atoms with Gasteiger partial charge in [-0.05, 0) is 38.0 Å². The molecule has 22 heavy (non-hydrogen) atoms. The van der Waals surface area contributed by atoms with Crippen molar-refractivity contribution in [3.63, 3.8) is 0 Å². The van der Waals surface area contributed by atoms with Crippen molar-refractivity contribution in [1.29, 1.82) is 0 Å². The number of nitrogens with zero attached hydrogens (tertiary/aromatic N) is 1. The highest BCUT2D eigenvalue weighted by Gasteiger charge is 2.13. The van der Waals surface area contributed by atoms with Crippen molar-refractivity contribution in [3.05, 3.63) is 34.2 Å². The number of hydrogen-bond acceptors (Lipinski definition) is 4. The highest BCUT2D eigenvalue weighted by Crippen LogP contribution is 2.31. The summed E-state index contributed by atoms with van der Waals surface area (Å²) in [5.74, 6) is -1.32. The standard InChI is InChI=1S/C16H18N2O3S/c1-9-4-5-12(8-10(9)2)15-11(3)22-16(18-15)17-13(19)6-7-14(20)21/h4-5,8H,6-7H2,1-3H3,(H,20,21)(H,17,18,19). The zero-order valence-corrected chi connectivity index (χ0v) is 13.6. The summed E-state index contributed by atoms with van der Waals surface area (Å²) in [5, 5.41) is 11.7. The molecule has 0 aliphatic rings. The third kappa shape index (κ3) is 3.92. The Kier molecular flexibility index (Phi) is 4.92. The fourth-order valence-corrected chi connectivity index (χ4v) is 2.86. The van der Waals surface area contributed by atoms with Crippen LogP contribution in [0.5, 0.6) is 0 Å². The first kappa shape index (κ1) is 16.2. The number of nitrogens with one attached hydrogen (secondary N) is 1. The fraction of sp³-hybridized carbons (Fsp3) is 0.312. The van der Waals surface area contributed by atoms with Crippen LogP contribution in [0.1, 0.15) is 28.8 Å². The van der Waals surface area contributed by atoms with Crippen LogP contribution in [0.4, 0.5) is 5.13 Å². The van der Waals surface area contributed by atoms with Gasteiger partial charge in [-0.3, -0.25) is 9.59 Å². The van der Waals surface area contributed by atoms with Gasteiger partial charge in [0.25, 0.3) is 0 Å². The van der Waals surface area contributed by atoms with Crippen LogP contribution in [-0.2, 0) is 9.59 Å². The van der Waals surface area contributed by atoms with Crippen LogP contribution in [0.15, 0.2) is 18.2 Å². The molecular formula is C16H18N2O3S. The summed E-state index contributed by atoms with van der Waals surface area (Å²) >= 11 is 1.39. The highest BCUT2D eigenvalue weighted by molar-refractivity contribution is 7.16. The predicted octanol–water partition coefficient (Wildman–Crippen LogP) is 3.54. The lowest BCUT2D eigenvalue weighted by molar-refractivity contribution is -0.138. The van der Waals surface area contributed by atoms with Crippen molar-refractivity contribution in [2.75, 3.05) is 5.32 Å². The lowest BCUT2D eigenvalue weighted by Crippen LogP contribution is -2.12. The number of aliphatic carboxylic acids is 1. The maximum atomic E-state index is 11.7. The van der Waals surface area contributed by atoms with E-state index in [9.17, 15) is 9.59 Å². The lowest BCUT2D eigenvalue weighted by Gasteiger charge is -2.03. The molecule has 6 heteroatoms. The van der Waals surface area contributed by atoms with Crippen molar-refractivity contribution in [2.45, 2.75) is 33.6 Å². The van der Waals surface area contributed by atoms with Crippen molar-refractivity contribution in [2.24, 2.45) is 0 Å². The Morgan fingerprint density at radius 1 is 1.18 bits per heavy atom. The first-order valence-electron chi connectivity index (χ1n) is 6.93. The van der Waals surface area contributed by atoms with Crippen molar-refractivity contribution < 1.29 is 14.7 Å². The maximum absolute atomic E-state index is 11.7. The van der Waals surface area contributed by atoms with Gasteiger partial charge in [0, 0.05) is 16.9 Å². The molecule has 0 spiro atoms. The Morgan fingerprint density at radius 2 is 1.91 bits per heavy atom. The number of benzene rings is 1. The van der Waals surface area contributed by atoms with Gasteiger partial charge in [0.2, 0.25) is 5.91 Å². The van der Waals surface area contributed by atoms with Gasteiger partial charge in [0.1, 0.15) is 0 Å². The molecule has 1 aromatic carbocycles. The van der Waals surface area contributed by atoms with Gasteiger partial charge in [0.05, 0.1) is 12.1 Å². The molecule has 1 heterocycles. The minimum Gasteiger partial charge on any atom is -0.481 e. The molecule has 0 bridgehead atoms. The minimum absolute atomic E-state index is 0.0487. The van der Waals surface area contributed by atoms with Crippen molar-refractivity contribution >= 4 is 28.3 Å². The van der Waals surface area contributed by atoms with E-state index in [0.717, 1.165) is 16.1 Å². The Hall–Kier alpha value is -2.21. The number of anilines is 1. The van der Waals surface area contributed by atoms with Crippen LogP contribution in [0, 0.1) is 20.8 Å².